The van der Waals surface area contributed by atoms with E-state index in [9.17, 15) is 4.79 Å². The van der Waals surface area contributed by atoms with Gasteiger partial charge < -0.3 is 9.15 Å². The van der Waals surface area contributed by atoms with E-state index in [-0.39, 0.29) is 30.8 Å². The molecule has 0 spiro atoms. The number of ether oxygens (including phenoxy) is 1. The van der Waals surface area contributed by atoms with Crippen LogP contribution in [0.2, 0.25) is 5.02 Å². The fraction of sp³-hybridized carbons (Fsp3) is 0.211. The predicted molar refractivity (Wildman–Crippen MR) is 94.0 cm³/mol. The highest BCUT2D eigenvalue weighted by Crippen LogP contribution is 2.26. The molecule has 0 N–H and O–H groups in total. The molecular weight excluding hydrogens is 340 g/mol. The third-order valence-corrected chi connectivity index (χ3v) is 4.10. The second-order valence-corrected chi connectivity index (χ2v) is 6.06. The van der Waals surface area contributed by atoms with Crippen molar-refractivity contribution in [2.75, 3.05) is 0 Å². The van der Waals surface area contributed by atoms with Crippen molar-refractivity contribution in [3.63, 3.8) is 0 Å². The zero-order chi connectivity index (χ0) is 17.6. The molecule has 0 saturated heterocycles. The molecule has 1 unspecified atom stereocenters. The summed E-state index contributed by atoms with van der Waals surface area (Å²) in [5.41, 5.74) is 1.74. The second-order valence-electron chi connectivity index (χ2n) is 5.66. The Balaban J connectivity index is 1.55. The lowest BCUT2D eigenvalue weighted by molar-refractivity contribution is -0.146. The zero-order valence-corrected chi connectivity index (χ0v) is 14.4. The zero-order valence-electron chi connectivity index (χ0n) is 13.7. The van der Waals surface area contributed by atoms with Crippen LogP contribution in [-0.2, 0) is 16.1 Å². The molecule has 1 atom stereocenters. The quantitative estimate of drug-likeness (QED) is 0.602. The SMILES string of the molecule is CC(CC(=O)OCc1nnc(-c2ccccc2Cl)o1)c1ccccc1. The maximum absolute atomic E-state index is 12.0. The van der Waals surface area contributed by atoms with Crippen LogP contribution in [0.5, 0.6) is 0 Å². The van der Waals surface area contributed by atoms with Gasteiger partial charge in [-0.1, -0.05) is 61.0 Å². The van der Waals surface area contributed by atoms with E-state index in [0.29, 0.717) is 16.5 Å². The minimum atomic E-state index is -0.311. The number of carbonyl (C=O) groups excluding carboxylic acids is 1. The Morgan fingerprint density at radius 3 is 2.60 bits per heavy atom. The molecule has 0 radical (unpaired) electrons. The predicted octanol–water partition coefficient (Wildman–Crippen LogP) is 4.63. The average molecular weight is 357 g/mol. The van der Waals surface area contributed by atoms with Gasteiger partial charge in [0.05, 0.1) is 17.0 Å². The second kappa shape index (κ2) is 7.94. The monoisotopic (exact) mass is 356 g/mol. The highest BCUT2D eigenvalue weighted by atomic mass is 35.5. The van der Waals surface area contributed by atoms with Gasteiger partial charge in [0.25, 0.3) is 5.89 Å². The van der Waals surface area contributed by atoms with Crippen LogP contribution in [0.1, 0.15) is 30.7 Å². The van der Waals surface area contributed by atoms with E-state index in [0.717, 1.165) is 5.56 Å². The summed E-state index contributed by atoms with van der Waals surface area (Å²) < 4.78 is 10.7. The largest absolute Gasteiger partial charge is 0.456 e. The van der Waals surface area contributed by atoms with Crippen LogP contribution in [0, 0.1) is 0 Å². The van der Waals surface area contributed by atoms with Crippen molar-refractivity contribution in [3.8, 4) is 11.5 Å². The Morgan fingerprint density at radius 2 is 1.84 bits per heavy atom. The van der Waals surface area contributed by atoms with Gasteiger partial charge in [-0.15, -0.1) is 10.2 Å². The first-order valence-electron chi connectivity index (χ1n) is 7.91. The van der Waals surface area contributed by atoms with Gasteiger partial charge in [0.2, 0.25) is 5.89 Å². The van der Waals surface area contributed by atoms with Crippen molar-refractivity contribution in [1.82, 2.24) is 10.2 Å². The fourth-order valence-electron chi connectivity index (χ4n) is 2.41. The van der Waals surface area contributed by atoms with E-state index < -0.39 is 0 Å². The highest BCUT2D eigenvalue weighted by molar-refractivity contribution is 6.33. The van der Waals surface area contributed by atoms with Gasteiger partial charge in [0.15, 0.2) is 6.61 Å². The van der Waals surface area contributed by atoms with Crippen molar-refractivity contribution < 1.29 is 13.9 Å². The number of carbonyl (C=O) groups is 1. The van der Waals surface area contributed by atoms with Gasteiger partial charge >= 0.3 is 5.97 Å². The van der Waals surface area contributed by atoms with Crippen molar-refractivity contribution in [2.45, 2.75) is 25.9 Å². The highest BCUT2D eigenvalue weighted by Gasteiger charge is 2.15. The molecule has 2 aromatic carbocycles. The van der Waals surface area contributed by atoms with E-state index in [1.165, 1.54) is 0 Å². The number of hydrogen-bond donors (Lipinski definition) is 0. The number of benzene rings is 2. The van der Waals surface area contributed by atoms with E-state index in [4.69, 9.17) is 20.8 Å². The lowest BCUT2D eigenvalue weighted by Crippen LogP contribution is -2.08. The van der Waals surface area contributed by atoms with E-state index in [2.05, 4.69) is 10.2 Å². The number of esters is 1. The summed E-state index contributed by atoms with van der Waals surface area (Å²) in [4.78, 5) is 12.0. The Morgan fingerprint density at radius 1 is 1.12 bits per heavy atom. The molecule has 0 amide bonds. The first-order chi connectivity index (χ1) is 12.1. The lowest BCUT2D eigenvalue weighted by atomic mass is 9.98. The third kappa shape index (κ3) is 4.45. The molecule has 0 fully saturated rings. The third-order valence-electron chi connectivity index (χ3n) is 3.77. The van der Waals surface area contributed by atoms with Crippen molar-refractivity contribution in [2.24, 2.45) is 0 Å². The number of nitrogens with zero attached hydrogens (tertiary/aromatic N) is 2. The first-order valence-corrected chi connectivity index (χ1v) is 8.29. The van der Waals surface area contributed by atoms with Crippen LogP contribution < -0.4 is 0 Å². The maximum atomic E-state index is 12.0. The Bertz CT molecular complexity index is 849. The van der Waals surface area contributed by atoms with Crippen molar-refractivity contribution in [1.29, 1.82) is 0 Å². The molecule has 128 valence electrons. The minimum Gasteiger partial charge on any atom is -0.456 e. The molecule has 0 aliphatic heterocycles. The molecule has 0 aliphatic carbocycles. The molecule has 1 heterocycles. The summed E-state index contributed by atoms with van der Waals surface area (Å²) in [6, 6.07) is 17.0. The first kappa shape index (κ1) is 17.2. The van der Waals surface area contributed by atoms with Gasteiger partial charge in [0, 0.05) is 0 Å². The van der Waals surface area contributed by atoms with Crippen molar-refractivity contribution in [3.05, 3.63) is 71.1 Å². The van der Waals surface area contributed by atoms with Crippen LogP contribution >= 0.6 is 11.6 Å². The summed E-state index contributed by atoms with van der Waals surface area (Å²) in [5.74, 6) is 0.300. The molecule has 3 rings (SSSR count). The summed E-state index contributed by atoms with van der Waals surface area (Å²) >= 11 is 6.10. The van der Waals surface area contributed by atoms with E-state index >= 15 is 0 Å². The van der Waals surface area contributed by atoms with Gasteiger partial charge in [-0.3, -0.25) is 4.79 Å². The minimum absolute atomic E-state index is 0.0577. The van der Waals surface area contributed by atoms with Gasteiger partial charge in [0.1, 0.15) is 0 Å². The van der Waals surface area contributed by atoms with E-state index in [1.807, 2.05) is 49.4 Å². The van der Waals surface area contributed by atoms with Gasteiger partial charge in [-0.05, 0) is 23.6 Å². The van der Waals surface area contributed by atoms with Crippen molar-refractivity contribution >= 4 is 17.6 Å². The van der Waals surface area contributed by atoms with Crippen LogP contribution in [0.25, 0.3) is 11.5 Å². The molecule has 6 heteroatoms. The summed E-state index contributed by atoms with van der Waals surface area (Å²) in [5, 5.41) is 8.35. The molecule has 3 aromatic rings. The van der Waals surface area contributed by atoms with Gasteiger partial charge in [-0.25, -0.2) is 0 Å². The van der Waals surface area contributed by atoms with Crippen LogP contribution in [-0.4, -0.2) is 16.2 Å². The Labute approximate surface area is 150 Å². The Hall–Kier alpha value is -2.66. The topological polar surface area (TPSA) is 65.2 Å². The molecular formula is C19H17ClN2O3. The summed E-state index contributed by atoms with van der Waals surface area (Å²) in [6.07, 6.45) is 0.287. The molecule has 5 nitrogen and oxygen atoms in total. The average Bonchev–Trinajstić information content (AvgIpc) is 3.10. The smallest absolute Gasteiger partial charge is 0.306 e. The van der Waals surface area contributed by atoms with Gasteiger partial charge in [-0.2, -0.15) is 0 Å². The normalized spacial score (nSPS) is 11.9. The van der Waals surface area contributed by atoms with Crippen LogP contribution in [0.4, 0.5) is 0 Å². The standard InChI is InChI=1S/C19H17ClN2O3/c1-13(14-7-3-2-4-8-14)11-18(23)24-12-17-21-22-19(25-17)15-9-5-6-10-16(15)20/h2-10,13H,11-12H2,1H3. The maximum Gasteiger partial charge on any atom is 0.306 e. The molecule has 0 bridgehead atoms. The lowest BCUT2D eigenvalue weighted by Gasteiger charge is -2.10. The summed E-state index contributed by atoms with van der Waals surface area (Å²) in [6.45, 7) is 1.93. The molecule has 0 aliphatic rings. The van der Waals surface area contributed by atoms with Crippen LogP contribution in [0.3, 0.4) is 0 Å². The summed E-state index contributed by atoms with van der Waals surface area (Å²) in [7, 11) is 0. The Kier molecular flexibility index (Phi) is 5.46. The van der Waals surface area contributed by atoms with E-state index in [1.54, 1.807) is 12.1 Å². The molecule has 25 heavy (non-hydrogen) atoms. The number of halogens is 1. The molecule has 1 aromatic heterocycles. The van der Waals surface area contributed by atoms with Crippen LogP contribution in [0.15, 0.2) is 59.0 Å². The number of aromatic nitrogens is 2. The fourth-order valence-corrected chi connectivity index (χ4v) is 2.62. The number of hydrogen-bond acceptors (Lipinski definition) is 5. The number of rotatable bonds is 6. The molecule has 0 saturated carbocycles.